The molecule has 0 unspecified atom stereocenters. The van der Waals surface area contributed by atoms with Crippen LogP contribution in [-0.2, 0) is 0 Å². The molecule has 1 aromatic heterocycles. The van der Waals surface area contributed by atoms with Crippen molar-refractivity contribution in [2.24, 2.45) is 5.73 Å². The minimum absolute atomic E-state index is 0.411. The number of rotatable bonds is 3. The summed E-state index contributed by atoms with van der Waals surface area (Å²) >= 11 is 1.48. The Morgan fingerprint density at radius 3 is 2.73 bits per heavy atom. The molecule has 0 atom stereocenters. The van der Waals surface area contributed by atoms with E-state index in [1.807, 2.05) is 0 Å². The minimum atomic E-state index is 0.411. The molecule has 1 fully saturated rings. The zero-order chi connectivity index (χ0) is 10.7. The lowest BCUT2D eigenvalue weighted by molar-refractivity contribution is 0.378. The Labute approximate surface area is 94.7 Å². The molecule has 1 aliphatic carbocycles. The molecule has 1 aliphatic rings. The second-order valence-corrected chi connectivity index (χ2v) is 4.84. The van der Waals surface area contributed by atoms with Crippen LogP contribution in [-0.4, -0.2) is 28.0 Å². The van der Waals surface area contributed by atoms with Crippen LogP contribution in [0.5, 0.6) is 0 Å². The number of hydrogen-bond donors (Lipinski definition) is 1. The zero-order valence-corrected chi connectivity index (χ0v) is 9.91. The maximum atomic E-state index is 5.91. The normalized spacial score (nSPS) is 26.5. The summed E-state index contributed by atoms with van der Waals surface area (Å²) in [5.74, 6) is 0. The van der Waals surface area contributed by atoms with Gasteiger partial charge in [-0.1, -0.05) is 0 Å². The highest BCUT2D eigenvalue weighted by Crippen LogP contribution is 2.26. The SMILES string of the molecule is CCN(c1ncns1)C1CCC(N)CC1. The summed E-state index contributed by atoms with van der Waals surface area (Å²) in [4.78, 5) is 6.65. The molecule has 0 amide bonds. The monoisotopic (exact) mass is 226 g/mol. The predicted molar refractivity (Wildman–Crippen MR) is 63.2 cm³/mol. The van der Waals surface area contributed by atoms with E-state index in [0.29, 0.717) is 12.1 Å². The van der Waals surface area contributed by atoms with Gasteiger partial charge in [-0.15, -0.1) is 0 Å². The second-order valence-electron chi connectivity index (χ2n) is 4.08. The highest BCUT2D eigenvalue weighted by atomic mass is 32.1. The van der Waals surface area contributed by atoms with E-state index in [0.717, 1.165) is 24.5 Å². The number of anilines is 1. The van der Waals surface area contributed by atoms with Gasteiger partial charge in [0, 0.05) is 30.2 Å². The number of nitrogens with two attached hydrogens (primary N) is 1. The van der Waals surface area contributed by atoms with Crippen LogP contribution in [0, 0.1) is 0 Å². The minimum Gasteiger partial charge on any atom is -0.344 e. The lowest BCUT2D eigenvalue weighted by atomic mass is 9.91. The molecule has 0 saturated heterocycles. The Morgan fingerprint density at radius 2 is 2.20 bits per heavy atom. The van der Waals surface area contributed by atoms with Gasteiger partial charge in [-0.3, -0.25) is 0 Å². The average molecular weight is 226 g/mol. The third kappa shape index (κ3) is 2.46. The van der Waals surface area contributed by atoms with Crippen LogP contribution in [0.2, 0.25) is 0 Å². The van der Waals surface area contributed by atoms with Crippen molar-refractivity contribution in [3.05, 3.63) is 6.33 Å². The van der Waals surface area contributed by atoms with Gasteiger partial charge in [-0.05, 0) is 32.6 Å². The second kappa shape index (κ2) is 4.90. The van der Waals surface area contributed by atoms with Gasteiger partial charge in [0.05, 0.1) is 0 Å². The summed E-state index contributed by atoms with van der Waals surface area (Å²) in [6.45, 7) is 3.19. The number of hydrogen-bond acceptors (Lipinski definition) is 5. The van der Waals surface area contributed by atoms with Gasteiger partial charge in [0.1, 0.15) is 6.33 Å². The summed E-state index contributed by atoms with van der Waals surface area (Å²) < 4.78 is 4.07. The van der Waals surface area contributed by atoms with Gasteiger partial charge in [0.15, 0.2) is 0 Å². The molecule has 2 rings (SSSR count). The van der Waals surface area contributed by atoms with Crippen LogP contribution in [0.4, 0.5) is 5.13 Å². The standard InChI is InChI=1S/C10H18N4S/c1-2-14(10-12-7-13-15-10)9-5-3-8(11)4-6-9/h7-9H,2-6,11H2,1H3. The first kappa shape index (κ1) is 10.8. The van der Waals surface area contributed by atoms with Gasteiger partial charge in [0.2, 0.25) is 5.13 Å². The fourth-order valence-electron chi connectivity index (χ4n) is 2.26. The molecule has 0 aliphatic heterocycles. The molecule has 0 aromatic carbocycles. The van der Waals surface area contributed by atoms with Crippen LogP contribution in [0.1, 0.15) is 32.6 Å². The summed E-state index contributed by atoms with van der Waals surface area (Å²) in [7, 11) is 0. The van der Waals surface area contributed by atoms with Crippen molar-refractivity contribution in [1.82, 2.24) is 9.36 Å². The summed E-state index contributed by atoms with van der Waals surface area (Å²) in [6, 6.07) is 1.03. The van der Waals surface area contributed by atoms with Gasteiger partial charge in [-0.2, -0.15) is 4.37 Å². The first-order valence-electron chi connectivity index (χ1n) is 5.60. The molecule has 15 heavy (non-hydrogen) atoms. The van der Waals surface area contributed by atoms with E-state index in [2.05, 4.69) is 21.2 Å². The molecule has 84 valence electrons. The third-order valence-electron chi connectivity index (χ3n) is 3.12. The number of nitrogens with zero attached hydrogens (tertiary/aromatic N) is 3. The Bertz CT molecular complexity index is 280. The van der Waals surface area contributed by atoms with Crippen molar-refractivity contribution in [3.63, 3.8) is 0 Å². The van der Waals surface area contributed by atoms with Crippen LogP contribution in [0.25, 0.3) is 0 Å². The Kier molecular flexibility index (Phi) is 3.53. The maximum absolute atomic E-state index is 5.91. The van der Waals surface area contributed by atoms with Crippen molar-refractivity contribution in [2.75, 3.05) is 11.4 Å². The molecule has 1 saturated carbocycles. The molecule has 4 nitrogen and oxygen atoms in total. The van der Waals surface area contributed by atoms with E-state index < -0.39 is 0 Å². The van der Waals surface area contributed by atoms with Crippen molar-refractivity contribution < 1.29 is 0 Å². The van der Waals surface area contributed by atoms with Crippen molar-refractivity contribution in [2.45, 2.75) is 44.7 Å². The van der Waals surface area contributed by atoms with Crippen molar-refractivity contribution in [1.29, 1.82) is 0 Å². The van der Waals surface area contributed by atoms with Gasteiger partial charge in [-0.25, -0.2) is 4.98 Å². The highest BCUT2D eigenvalue weighted by molar-refractivity contribution is 7.09. The van der Waals surface area contributed by atoms with Gasteiger partial charge in [0.25, 0.3) is 0 Å². The van der Waals surface area contributed by atoms with E-state index in [9.17, 15) is 0 Å². The summed E-state index contributed by atoms with van der Waals surface area (Å²) in [6.07, 6.45) is 6.29. The molecule has 1 heterocycles. The maximum Gasteiger partial charge on any atom is 0.205 e. The topological polar surface area (TPSA) is 55.0 Å². The smallest absolute Gasteiger partial charge is 0.205 e. The summed E-state index contributed by atoms with van der Waals surface area (Å²) in [5, 5.41) is 1.05. The lowest BCUT2D eigenvalue weighted by Gasteiger charge is -2.34. The third-order valence-corrected chi connectivity index (χ3v) is 3.82. The van der Waals surface area contributed by atoms with Crippen LogP contribution in [0.15, 0.2) is 6.33 Å². The molecular weight excluding hydrogens is 208 g/mol. The molecule has 5 heteroatoms. The van der Waals surface area contributed by atoms with Crippen molar-refractivity contribution >= 4 is 16.7 Å². The van der Waals surface area contributed by atoms with Gasteiger partial charge >= 0.3 is 0 Å². The largest absolute Gasteiger partial charge is 0.344 e. The van der Waals surface area contributed by atoms with Crippen LogP contribution < -0.4 is 10.6 Å². The molecular formula is C10H18N4S. The molecule has 2 N–H and O–H groups in total. The Hall–Kier alpha value is -0.680. The van der Waals surface area contributed by atoms with E-state index in [1.165, 1.54) is 24.4 Å². The average Bonchev–Trinajstić information content (AvgIpc) is 2.75. The van der Waals surface area contributed by atoms with Gasteiger partial charge < -0.3 is 10.6 Å². The molecule has 0 bridgehead atoms. The van der Waals surface area contributed by atoms with Crippen molar-refractivity contribution in [3.8, 4) is 0 Å². The quantitative estimate of drug-likeness (QED) is 0.851. The van der Waals surface area contributed by atoms with E-state index >= 15 is 0 Å². The Morgan fingerprint density at radius 1 is 1.47 bits per heavy atom. The predicted octanol–water partition coefficient (Wildman–Crippen LogP) is 1.63. The number of aromatic nitrogens is 2. The van der Waals surface area contributed by atoms with E-state index in [-0.39, 0.29) is 0 Å². The fraction of sp³-hybridized carbons (Fsp3) is 0.800. The molecule has 0 radical (unpaired) electrons. The summed E-state index contributed by atoms with van der Waals surface area (Å²) in [5.41, 5.74) is 5.91. The van der Waals surface area contributed by atoms with E-state index in [4.69, 9.17) is 5.73 Å². The first-order chi connectivity index (χ1) is 7.31. The van der Waals surface area contributed by atoms with Crippen LogP contribution >= 0.6 is 11.5 Å². The molecule has 1 aromatic rings. The molecule has 0 spiro atoms. The lowest BCUT2D eigenvalue weighted by Crippen LogP contribution is -2.40. The zero-order valence-electron chi connectivity index (χ0n) is 9.09. The Balaban J connectivity index is 2.01. The highest BCUT2D eigenvalue weighted by Gasteiger charge is 2.24. The first-order valence-corrected chi connectivity index (χ1v) is 6.37. The van der Waals surface area contributed by atoms with Crippen LogP contribution in [0.3, 0.4) is 0 Å². The van der Waals surface area contributed by atoms with E-state index in [1.54, 1.807) is 6.33 Å². The fourth-order valence-corrected chi connectivity index (χ4v) is 2.92.